The van der Waals surface area contributed by atoms with E-state index >= 15 is 0 Å². The van der Waals surface area contributed by atoms with Crippen LogP contribution in [0.2, 0.25) is 0 Å². The van der Waals surface area contributed by atoms with Crippen LogP contribution in [0, 0.1) is 0 Å². The van der Waals surface area contributed by atoms with Gasteiger partial charge >= 0.3 is 0 Å². The number of H-pyrrole nitrogens is 1. The Balaban J connectivity index is 1.32. The Morgan fingerprint density at radius 1 is 1.15 bits per heavy atom. The summed E-state index contributed by atoms with van der Waals surface area (Å²) < 4.78 is 0. The lowest BCUT2D eigenvalue weighted by atomic mass is 9.99. The molecule has 0 saturated carbocycles. The molecule has 1 atom stereocenters. The standard InChI is InChI=1S/C22H25N3O/c1-16(25-11-10-17-6-2-3-7-18(17)15-25)13-24-22(26)12-19-14-23-21-9-5-4-8-20(19)21/h2-9,14,16,23H,10-13,15H2,1H3,(H,24,26). The largest absolute Gasteiger partial charge is 0.361 e. The number of carbonyl (C=O) groups excluding carboxylic acids is 1. The minimum absolute atomic E-state index is 0.0824. The van der Waals surface area contributed by atoms with Gasteiger partial charge in [-0.3, -0.25) is 9.69 Å². The third kappa shape index (κ3) is 3.51. The Labute approximate surface area is 154 Å². The zero-order valence-electron chi connectivity index (χ0n) is 15.2. The van der Waals surface area contributed by atoms with Crippen molar-refractivity contribution >= 4 is 16.8 Å². The maximum Gasteiger partial charge on any atom is 0.224 e. The van der Waals surface area contributed by atoms with Crippen LogP contribution >= 0.6 is 0 Å². The van der Waals surface area contributed by atoms with E-state index in [0.29, 0.717) is 19.0 Å². The number of nitrogens with one attached hydrogen (secondary N) is 2. The van der Waals surface area contributed by atoms with Gasteiger partial charge in [0, 0.05) is 42.8 Å². The summed E-state index contributed by atoms with van der Waals surface area (Å²) in [4.78, 5) is 18.1. The average Bonchev–Trinajstić information content (AvgIpc) is 3.08. The average molecular weight is 347 g/mol. The maximum absolute atomic E-state index is 12.4. The highest BCUT2D eigenvalue weighted by molar-refractivity contribution is 5.88. The topological polar surface area (TPSA) is 48.1 Å². The molecule has 1 aliphatic rings. The van der Waals surface area contributed by atoms with Crippen LogP contribution in [0.4, 0.5) is 0 Å². The second kappa shape index (κ2) is 7.34. The molecule has 0 aliphatic carbocycles. The van der Waals surface area contributed by atoms with Crippen LogP contribution in [-0.4, -0.2) is 34.9 Å². The first kappa shape index (κ1) is 16.9. The second-order valence-corrected chi connectivity index (χ2v) is 7.18. The molecule has 2 heterocycles. The Hall–Kier alpha value is -2.59. The zero-order chi connectivity index (χ0) is 17.9. The zero-order valence-corrected chi connectivity index (χ0v) is 15.2. The molecule has 4 nitrogen and oxygen atoms in total. The lowest BCUT2D eigenvalue weighted by Crippen LogP contribution is -2.44. The molecule has 3 aromatic rings. The van der Waals surface area contributed by atoms with Crippen molar-refractivity contribution in [2.24, 2.45) is 0 Å². The summed E-state index contributed by atoms with van der Waals surface area (Å²) in [5.41, 5.74) is 5.00. The predicted octanol–water partition coefficient (Wildman–Crippen LogP) is 3.27. The summed E-state index contributed by atoms with van der Waals surface area (Å²) in [5.74, 6) is 0.0824. The fraction of sp³-hybridized carbons (Fsp3) is 0.318. The van der Waals surface area contributed by atoms with Crippen molar-refractivity contribution in [3.8, 4) is 0 Å². The van der Waals surface area contributed by atoms with Crippen LogP contribution in [0.3, 0.4) is 0 Å². The van der Waals surface area contributed by atoms with Gasteiger partial charge in [0.05, 0.1) is 6.42 Å². The van der Waals surface area contributed by atoms with Gasteiger partial charge in [-0.1, -0.05) is 42.5 Å². The molecule has 2 aromatic carbocycles. The van der Waals surface area contributed by atoms with Gasteiger partial charge in [-0.05, 0) is 36.1 Å². The Morgan fingerprint density at radius 2 is 1.92 bits per heavy atom. The Bertz CT molecular complexity index is 914. The molecule has 1 aromatic heterocycles. The number of para-hydroxylation sites is 1. The Morgan fingerprint density at radius 3 is 2.81 bits per heavy atom. The van der Waals surface area contributed by atoms with Gasteiger partial charge in [0.1, 0.15) is 0 Å². The molecule has 0 saturated heterocycles. The highest BCUT2D eigenvalue weighted by Crippen LogP contribution is 2.20. The fourth-order valence-electron chi connectivity index (χ4n) is 3.80. The lowest BCUT2D eigenvalue weighted by Gasteiger charge is -2.33. The molecule has 26 heavy (non-hydrogen) atoms. The summed E-state index contributed by atoms with van der Waals surface area (Å²) in [6.45, 7) is 4.90. The van der Waals surface area contributed by atoms with Crippen molar-refractivity contribution in [2.45, 2.75) is 32.4 Å². The van der Waals surface area contributed by atoms with Crippen LogP contribution < -0.4 is 5.32 Å². The number of aromatic nitrogens is 1. The number of rotatable bonds is 5. The number of amides is 1. The fourth-order valence-corrected chi connectivity index (χ4v) is 3.80. The molecule has 0 fully saturated rings. The van der Waals surface area contributed by atoms with Gasteiger partial charge in [0.2, 0.25) is 5.91 Å². The van der Waals surface area contributed by atoms with Crippen LogP contribution in [0.1, 0.15) is 23.6 Å². The van der Waals surface area contributed by atoms with E-state index < -0.39 is 0 Å². The lowest BCUT2D eigenvalue weighted by molar-refractivity contribution is -0.120. The van der Waals surface area contributed by atoms with E-state index in [4.69, 9.17) is 0 Å². The molecule has 1 aliphatic heterocycles. The van der Waals surface area contributed by atoms with Gasteiger partial charge < -0.3 is 10.3 Å². The molecular weight excluding hydrogens is 322 g/mol. The first-order chi connectivity index (χ1) is 12.7. The molecule has 1 amide bonds. The number of hydrogen-bond acceptors (Lipinski definition) is 2. The smallest absolute Gasteiger partial charge is 0.224 e. The van der Waals surface area contributed by atoms with E-state index in [9.17, 15) is 4.79 Å². The number of aromatic amines is 1. The predicted molar refractivity (Wildman–Crippen MR) is 105 cm³/mol. The van der Waals surface area contributed by atoms with E-state index in [-0.39, 0.29) is 5.91 Å². The van der Waals surface area contributed by atoms with Gasteiger partial charge in [0.15, 0.2) is 0 Å². The first-order valence-electron chi connectivity index (χ1n) is 9.33. The van der Waals surface area contributed by atoms with Gasteiger partial charge in [-0.2, -0.15) is 0 Å². The van der Waals surface area contributed by atoms with Crippen molar-refractivity contribution in [3.63, 3.8) is 0 Å². The van der Waals surface area contributed by atoms with Gasteiger partial charge in [-0.25, -0.2) is 0 Å². The van der Waals surface area contributed by atoms with Crippen molar-refractivity contribution in [1.82, 2.24) is 15.2 Å². The summed E-state index contributed by atoms with van der Waals surface area (Å²) in [6, 6.07) is 17.1. The van der Waals surface area contributed by atoms with E-state index in [1.165, 1.54) is 11.1 Å². The van der Waals surface area contributed by atoms with Gasteiger partial charge in [-0.15, -0.1) is 0 Å². The molecule has 2 N–H and O–H groups in total. The van der Waals surface area contributed by atoms with Crippen molar-refractivity contribution in [2.75, 3.05) is 13.1 Å². The number of benzene rings is 2. The molecule has 0 radical (unpaired) electrons. The molecule has 4 heteroatoms. The van der Waals surface area contributed by atoms with E-state index in [0.717, 1.165) is 36.0 Å². The molecule has 4 rings (SSSR count). The maximum atomic E-state index is 12.4. The molecule has 0 spiro atoms. The van der Waals surface area contributed by atoms with Crippen LogP contribution in [0.5, 0.6) is 0 Å². The summed E-state index contributed by atoms with van der Waals surface area (Å²) in [5, 5.41) is 4.24. The van der Waals surface area contributed by atoms with Crippen molar-refractivity contribution in [1.29, 1.82) is 0 Å². The minimum Gasteiger partial charge on any atom is -0.361 e. The number of nitrogens with zero attached hydrogens (tertiary/aromatic N) is 1. The van der Waals surface area contributed by atoms with Crippen LogP contribution in [-0.2, 0) is 24.2 Å². The summed E-state index contributed by atoms with van der Waals surface area (Å²) >= 11 is 0. The highest BCUT2D eigenvalue weighted by atomic mass is 16.1. The Kier molecular flexibility index (Phi) is 4.76. The molecular formula is C22H25N3O. The second-order valence-electron chi connectivity index (χ2n) is 7.18. The summed E-state index contributed by atoms with van der Waals surface area (Å²) in [7, 11) is 0. The normalized spacial score (nSPS) is 15.6. The molecule has 134 valence electrons. The third-order valence-electron chi connectivity index (χ3n) is 5.40. The van der Waals surface area contributed by atoms with E-state index in [1.54, 1.807) is 0 Å². The van der Waals surface area contributed by atoms with Crippen molar-refractivity contribution in [3.05, 3.63) is 71.4 Å². The quantitative estimate of drug-likeness (QED) is 0.744. The van der Waals surface area contributed by atoms with Crippen LogP contribution in [0.25, 0.3) is 10.9 Å². The first-order valence-corrected chi connectivity index (χ1v) is 9.33. The third-order valence-corrected chi connectivity index (χ3v) is 5.40. The number of carbonyl (C=O) groups is 1. The molecule has 1 unspecified atom stereocenters. The number of fused-ring (bicyclic) bond motifs is 2. The highest BCUT2D eigenvalue weighted by Gasteiger charge is 2.20. The minimum atomic E-state index is 0.0824. The van der Waals surface area contributed by atoms with Gasteiger partial charge in [0.25, 0.3) is 0 Å². The number of hydrogen-bond donors (Lipinski definition) is 2. The monoisotopic (exact) mass is 347 g/mol. The van der Waals surface area contributed by atoms with Crippen LogP contribution in [0.15, 0.2) is 54.7 Å². The van der Waals surface area contributed by atoms with Crippen molar-refractivity contribution < 1.29 is 4.79 Å². The summed E-state index contributed by atoms with van der Waals surface area (Å²) in [6.07, 6.45) is 3.44. The molecule has 0 bridgehead atoms. The van der Waals surface area contributed by atoms with E-state index in [1.807, 2.05) is 24.4 Å². The SMILES string of the molecule is CC(CNC(=O)Cc1c[nH]c2ccccc12)N1CCc2ccccc2C1. The van der Waals surface area contributed by atoms with E-state index in [2.05, 4.69) is 52.5 Å².